The zero-order chi connectivity index (χ0) is 13.8. The van der Waals surface area contributed by atoms with Crippen LogP contribution in [0, 0.1) is 0 Å². The fourth-order valence-electron chi connectivity index (χ4n) is 2.40. The SMILES string of the molecule is O=C1NCCCCC1Sc1ccc2c(c1)OCCCO2. The maximum absolute atomic E-state index is 12.0. The Balaban J connectivity index is 1.73. The molecule has 1 aromatic rings. The van der Waals surface area contributed by atoms with E-state index < -0.39 is 0 Å². The molecular formula is C15H19NO3S. The van der Waals surface area contributed by atoms with Gasteiger partial charge in [-0.2, -0.15) is 0 Å². The van der Waals surface area contributed by atoms with Crippen molar-refractivity contribution >= 4 is 17.7 Å². The lowest BCUT2D eigenvalue weighted by atomic mass is 10.2. The van der Waals surface area contributed by atoms with Gasteiger partial charge in [-0.15, -0.1) is 11.8 Å². The molecule has 2 aliphatic heterocycles. The number of ether oxygens (including phenoxy) is 2. The molecule has 1 aromatic carbocycles. The third-order valence-electron chi connectivity index (χ3n) is 3.48. The standard InChI is InChI=1S/C15H19NO3S/c17-15-14(4-1-2-7-16-15)20-11-5-6-12-13(10-11)19-9-3-8-18-12/h5-6,10,14H,1-4,7-9H2,(H,16,17). The Labute approximate surface area is 123 Å². The lowest BCUT2D eigenvalue weighted by molar-refractivity contribution is -0.120. The minimum atomic E-state index is 0.00208. The van der Waals surface area contributed by atoms with Crippen molar-refractivity contribution in [2.45, 2.75) is 35.8 Å². The van der Waals surface area contributed by atoms with Crippen LogP contribution in [0.2, 0.25) is 0 Å². The first kappa shape index (κ1) is 13.6. The second kappa shape index (κ2) is 6.39. The molecular weight excluding hydrogens is 274 g/mol. The molecule has 1 amide bonds. The Morgan fingerprint density at radius 1 is 1.10 bits per heavy atom. The molecule has 0 aromatic heterocycles. The van der Waals surface area contributed by atoms with Crippen molar-refractivity contribution in [2.75, 3.05) is 19.8 Å². The fourth-order valence-corrected chi connectivity index (χ4v) is 3.53. The van der Waals surface area contributed by atoms with E-state index in [-0.39, 0.29) is 11.2 Å². The number of thioether (sulfide) groups is 1. The summed E-state index contributed by atoms with van der Waals surface area (Å²) in [5.74, 6) is 1.75. The highest BCUT2D eigenvalue weighted by molar-refractivity contribution is 8.00. The first-order valence-electron chi connectivity index (χ1n) is 7.17. The lowest BCUT2D eigenvalue weighted by Crippen LogP contribution is -2.30. The Bertz CT molecular complexity index is 492. The number of nitrogens with one attached hydrogen (secondary N) is 1. The summed E-state index contributed by atoms with van der Waals surface area (Å²) in [6.45, 7) is 2.19. The summed E-state index contributed by atoms with van der Waals surface area (Å²) in [6.07, 6.45) is 4.01. The van der Waals surface area contributed by atoms with Gasteiger partial charge >= 0.3 is 0 Å². The molecule has 1 saturated heterocycles. The predicted molar refractivity (Wildman–Crippen MR) is 78.6 cm³/mol. The van der Waals surface area contributed by atoms with Gasteiger partial charge in [-0.1, -0.05) is 6.42 Å². The number of hydrogen-bond donors (Lipinski definition) is 1. The van der Waals surface area contributed by atoms with Gasteiger partial charge in [0, 0.05) is 17.9 Å². The lowest BCUT2D eigenvalue weighted by Gasteiger charge is -2.14. The van der Waals surface area contributed by atoms with Gasteiger partial charge in [0.25, 0.3) is 0 Å². The largest absolute Gasteiger partial charge is 0.490 e. The second-order valence-corrected chi connectivity index (χ2v) is 6.33. The average Bonchev–Trinajstić information content (AvgIpc) is 2.80. The van der Waals surface area contributed by atoms with Crippen LogP contribution in [0.3, 0.4) is 0 Å². The van der Waals surface area contributed by atoms with Gasteiger partial charge in [-0.05, 0) is 31.0 Å². The summed E-state index contributed by atoms with van der Waals surface area (Å²) in [5, 5.41) is 2.97. The van der Waals surface area contributed by atoms with Crippen LogP contribution in [0.4, 0.5) is 0 Å². The minimum Gasteiger partial charge on any atom is -0.490 e. The zero-order valence-corrected chi connectivity index (χ0v) is 12.2. The summed E-state index contributed by atoms with van der Waals surface area (Å²) in [4.78, 5) is 13.0. The topological polar surface area (TPSA) is 47.6 Å². The fraction of sp³-hybridized carbons (Fsp3) is 0.533. The van der Waals surface area contributed by atoms with Crippen molar-refractivity contribution in [1.29, 1.82) is 0 Å². The molecule has 2 heterocycles. The molecule has 2 aliphatic rings. The van der Waals surface area contributed by atoms with Crippen LogP contribution in [-0.2, 0) is 4.79 Å². The molecule has 4 nitrogen and oxygen atoms in total. The molecule has 108 valence electrons. The van der Waals surface area contributed by atoms with Crippen LogP contribution < -0.4 is 14.8 Å². The smallest absolute Gasteiger partial charge is 0.233 e. The molecule has 0 aliphatic carbocycles. The van der Waals surface area contributed by atoms with Gasteiger partial charge < -0.3 is 14.8 Å². The van der Waals surface area contributed by atoms with Crippen molar-refractivity contribution in [2.24, 2.45) is 0 Å². The van der Waals surface area contributed by atoms with Crippen molar-refractivity contribution in [3.63, 3.8) is 0 Å². The van der Waals surface area contributed by atoms with Crippen LogP contribution in [0.5, 0.6) is 11.5 Å². The molecule has 0 bridgehead atoms. The Kier molecular flexibility index (Phi) is 4.35. The van der Waals surface area contributed by atoms with Crippen LogP contribution >= 0.6 is 11.8 Å². The number of rotatable bonds is 2. The van der Waals surface area contributed by atoms with Crippen molar-refractivity contribution < 1.29 is 14.3 Å². The zero-order valence-electron chi connectivity index (χ0n) is 11.4. The molecule has 1 unspecified atom stereocenters. The number of amides is 1. The van der Waals surface area contributed by atoms with Crippen molar-refractivity contribution in [3.05, 3.63) is 18.2 Å². The quantitative estimate of drug-likeness (QED) is 0.910. The summed E-state index contributed by atoms with van der Waals surface area (Å²) >= 11 is 1.62. The van der Waals surface area contributed by atoms with E-state index in [2.05, 4.69) is 5.32 Å². The summed E-state index contributed by atoms with van der Waals surface area (Å²) < 4.78 is 11.3. The summed E-state index contributed by atoms with van der Waals surface area (Å²) in [7, 11) is 0. The molecule has 3 rings (SSSR count). The van der Waals surface area contributed by atoms with Crippen molar-refractivity contribution in [1.82, 2.24) is 5.32 Å². The Hall–Kier alpha value is -1.36. The van der Waals surface area contributed by atoms with Crippen LogP contribution in [0.25, 0.3) is 0 Å². The van der Waals surface area contributed by atoms with E-state index in [4.69, 9.17) is 9.47 Å². The monoisotopic (exact) mass is 293 g/mol. The normalized spacial score (nSPS) is 22.6. The molecule has 1 fully saturated rings. The molecule has 1 N–H and O–H groups in total. The average molecular weight is 293 g/mol. The highest BCUT2D eigenvalue weighted by Crippen LogP contribution is 2.36. The Morgan fingerprint density at radius 2 is 1.95 bits per heavy atom. The van der Waals surface area contributed by atoms with Gasteiger partial charge in [0.2, 0.25) is 5.91 Å². The van der Waals surface area contributed by atoms with E-state index >= 15 is 0 Å². The number of carbonyl (C=O) groups excluding carboxylic acids is 1. The summed E-state index contributed by atoms with van der Waals surface area (Å²) in [6, 6.07) is 5.94. The van der Waals surface area contributed by atoms with Crippen LogP contribution in [-0.4, -0.2) is 30.9 Å². The number of fused-ring (bicyclic) bond motifs is 1. The van der Waals surface area contributed by atoms with E-state index in [0.717, 1.165) is 48.6 Å². The van der Waals surface area contributed by atoms with Gasteiger partial charge in [-0.3, -0.25) is 4.79 Å². The first-order chi connectivity index (χ1) is 9.83. The van der Waals surface area contributed by atoms with Crippen molar-refractivity contribution in [3.8, 4) is 11.5 Å². The maximum Gasteiger partial charge on any atom is 0.233 e. The van der Waals surface area contributed by atoms with E-state index in [1.807, 2.05) is 18.2 Å². The van der Waals surface area contributed by atoms with E-state index in [1.165, 1.54) is 0 Å². The Morgan fingerprint density at radius 3 is 2.85 bits per heavy atom. The van der Waals surface area contributed by atoms with Crippen LogP contribution in [0.15, 0.2) is 23.1 Å². The maximum atomic E-state index is 12.0. The number of hydrogen-bond acceptors (Lipinski definition) is 4. The van der Waals surface area contributed by atoms with E-state index in [1.54, 1.807) is 11.8 Å². The summed E-state index contributed by atoms with van der Waals surface area (Å²) in [5.41, 5.74) is 0. The third-order valence-corrected chi connectivity index (χ3v) is 4.74. The minimum absolute atomic E-state index is 0.00208. The number of benzene rings is 1. The molecule has 5 heteroatoms. The van der Waals surface area contributed by atoms with Gasteiger partial charge in [0.05, 0.1) is 18.5 Å². The first-order valence-corrected chi connectivity index (χ1v) is 8.05. The molecule has 0 saturated carbocycles. The van der Waals surface area contributed by atoms with Gasteiger partial charge in [0.15, 0.2) is 11.5 Å². The molecule has 0 radical (unpaired) electrons. The predicted octanol–water partition coefficient (Wildman–Crippen LogP) is 2.61. The molecule has 20 heavy (non-hydrogen) atoms. The van der Waals surface area contributed by atoms with E-state index in [9.17, 15) is 4.79 Å². The third kappa shape index (κ3) is 3.20. The van der Waals surface area contributed by atoms with Gasteiger partial charge in [0.1, 0.15) is 0 Å². The molecule has 1 atom stereocenters. The second-order valence-electron chi connectivity index (χ2n) is 5.05. The molecule has 0 spiro atoms. The highest BCUT2D eigenvalue weighted by atomic mass is 32.2. The number of carbonyl (C=O) groups is 1. The van der Waals surface area contributed by atoms with Crippen LogP contribution in [0.1, 0.15) is 25.7 Å². The van der Waals surface area contributed by atoms with Gasteiger partial charge in [-0.25, -0.2) is 0 Å². The highest BCUT2D eigenvalue weighted by Gasteiger charge is 2.22. The van der Waals surface area contributed by atoms with E-state index in [0.29, 0.717) is 13.2 Å².